The molecule has 0 aromatic heterocycles. The average Bonchev–Trinajstić information content (AvgIpc) is 2.15. The molecule has 0 rings (SSSR count). The third kappa shape index (κ3) is 13.5. The van der Waals surface area contributed by atoms with Crippen LogP contribution < -0.4 is 0 Å². The Morgan fingerprint density at radius 3 is 2.33 bits per heavy atom. The van der Waals surface area contributed by atoms with E-state index in [-0.39, 0.29) is 25.1 Å². The normalized spacial score (nSPS) is 12.7. The summed E-state index contributed by atoms with van der Waals surface area (Å²) in [5.74, 6) is -0.158. The molecule has 0 aromatic rings. The molecule has 0 bridgehead atoms. The van der Waals surface area contributed by atoms with Crippen LogP contribution in [0.3, 0.4) is 0 Å². The zero-order valence-corrected chi connectivity index (χ0v) is 11.7. The molecule has 0 saturated heterocycles. The van der Waals surface area contributed by atoms with Crippen molar-refractivity contribution in [2.75, 3.05) is 19.8 Å². The first kappa shape index (κ1) is 19.7. The lowest BCUT2D eigenvalue weighted by atomic mass is 10.2. The van der Waals surface area contributed by atoms with Crippen LogP contribution in [0.15, 0.2) is 0 Å². The van der Waals surface area contributed by atoms with E-state index in [1.54, 1.807) is 0 Å². The van der Waals surface area contributed by atoms with Crippen LogP contribution >= 0.6 is 0 Å². The maximum absolute atomic E-state index is 11.2. The minimum atomic E-state index is -0.191. The Bertz CT molecular complexity index is 208. The van der Waals surface area contributed by atoms with Gasteiger partial charge in [-0.15, -0.1) is 0 Å². The highest BCUT2D eigenvalue weighted by Gasteiger charge is 2.10. The van der Waals surface area contributed by atoms with Gasteiger partial charge in [-0.25, -0.2) is 0 Å². The summed E-state index contributed by atoms with van der Waals surface area (Å²) in [5.41, 5.74) is -0.136. The first-order valence-electron chi connectivity index (χ1n) is 6.26. The summed E-state index contributed by atoms with van der Waals surface area (Å²) in [7, 11) is 0. The lowest BCUT2D eigenvalue weighted by Crippen LogP contribution is -2.24. The third-order valence-corrected chi connectivity index (χ3v) is 1.90. The van der Waals surface area contributed by atoms with E-state index in [9.17, 15) is 4.79 Å². The second kappa shape index (κ2) is 10.3. The SMILES string of the molecule is C.CCCC(=O)OC(C)COCCOC(C)(C)C. The van der Waals surface area contributed by atoms with Gasteiger partial charge >= 0.3 is 5.97 Å². The Balaban J connectivity index is 0. The fourth-order valence-electron chi connectivity index (χ4n) is 1.18. The van der Waals surface area contributed by atoms with Crippen molar-refractivity contribution in [2.24, 2.45) is 0 Å². The largest absolute Gasteiger partial charge is 0.460 e. The Morgan fingerprint density at radius 1 is 1.22 bits per heavy atom. The van der Waals surface area contributed by atoms with Crippen molar-refractivity contribution in [3.63, 3.8) is 0 Å². The summed E-state index contributed by atoms with van der Waals surface area (Å²) in [6.07, 6.45) is 1.09. The van der Waals surface area contributed by atoms with Gasteiger partial charge in [0.2, 0.25) is 0 Å². The van der Waals surface area contributed by atoms with Crippen LogP contribution in [0.1, 0.15) is 54.9 Å². The quantitative estimate of drug-likeness (QED) is 0.498. The van der Waals surface area contributed by atoms with Crippen molar-refractivity contribution in [3.8, 4) is 0 Å². The van der Waals surface area contributed by atoms with Crippen LogP contribution in [-0.4, -0.2) is 37.5 Å². The molecule has 0 amide bonds. The molecule has 4 heteroatoms. The number of carbonyl (C=O) groups excluding carboxylic acids is 1. The Labute approximate surface area is 112 Å². The molecule has 1 atom stereocenters. The lowest BCUT2D eigenvalue weighted by molar-refractivity contribution is -0.151. The first-order chi connectivity index (χ1) is 7.85. The molecule has 0 aliphatic heterocycles. The topological polar surface area (TPSA) is 44.8 Å². The summed E-state index contributed by atoms with van der Waals surface area (Å²) in [6, 6.07) is 0. The molecule has 1 unspecified atom stereocenters. The van der Waals surface area contributed by atoms with Gasteiger partial charge in [-0.2, -0.15) is 0 Å². The van der Waals surface area contributed by atoms with Crippen molar-refractivity contribution >= 4 is 5.97 Å². The number of hydrogen-bond donors (Lipinski definition) is 0. The van der Waals surface area contributed by atoms with Crippen LogP contribution in [0.4, 0.5) is 0 Å². The summed E-state index contributed by atoms with van der Waals surface area (Å²) in [5, 5.41) is 0. The van der Waals surface area contributed by atoms with Crippen molar-refractivity contribution in [3.05, 3.63) is 0 Å². The maximum atomic E-state index is 11.2. The highest BCUT2D eigenvalue weighted by Crippen LogP contribution is 2.05. The second-order valence-corrected chi connectivity index (χ2v) is 5.09. The highest BCUT2D eigenvalue weighted by atomic mass is 16.6. The first-order valence-corrected chi connectivity index (χ1v) is 6.26. The van der Waals surface area contributed by atoms with E-state index < -0.39 is 0 Å². The zero-order valence-electron chi connectivity index (χ0n) is 11.7. The van der Waals surface area contributed by atoms with E-state index in [1.807, 2.05) is 34.6 Å². The molecule has 0 fully saturated rings. The fraction of sp³-hybridized carbons (Fsp3) is 0.929. The van der Waals surface area contributed by atoms with Crippen LogP contribution in [0.2, 0.25) is 0 Å². The number of carbonyl (C=O) groups is 1. The molecule has 0 aromatic carbocycles. The van der Waals surface area contributed by atoms with Crippen molar-refractivity contribution in [1.29, 1.82) is 0 Å². The maximum Gasteiger partial charge on any atom is 0.306 e. The fourth-order valence-corrected chi connectivity index (χ4v) is 1.18. The molecule has 0 heterocycles. The number of rotatable bonds is 8. The summed E-state index contributed by atoms with van der Waals surface area (Å²) in [6.45, 7) is 11.3. The number of ether oxygens (including phenoxy) is 3. The molecule has 0 spiro atoms. The van der Waals surface area contributed by atoms with E-state index in [0.717, 1.165) is 6.42 Å². The number of esters is 1. The predicted molar refractivity (Wildman–Crippen MR) is 73.7 cm³/mol. The minimum Gasteiger partial charge on any atom is -0.460 e. The molecular formula is C14H30O4. The molecule has 0 aliphatic carbocycles. The molecular weight excluding hydrogens is 232 g/mol. The van der Waals surface area contributed by atoms with Gasteiger partial charge in [0.1, 0.15) is 6.10 Å². The van der Waals surface area contributed by atoms with Crippen LogP contribution in [0.5, 0.6) is 0 Å². The Morgan fingerprint density at radius 2 is 1.83 bits per heavy atom. The second-order valence-electron chi connectivity index (χ2n) is 5.09. The van der Waals surface area contributed by atoms with Gasteiger partial charge in [0, 0.05) is 6.42 Å². The van der Waals surface area contributed by atoms with E-state index in [4.69, 9.17) is 14.2 Å². The molecule has 0 aliphatic rings. The standard InChI is InChI=1S/C13H26O4.CH4/c1-6-7-12(14)17-11(2)10-15-8-9-16-13(3,4)5;/h11H,6-10H2,1-5H3;1H4. The van der Waals surface area contributed by atoms with Gasteiger partial charge in [0.15, 0.2) is 0 Å². The summed E-state index contributed by atoms with van der Waals surface area (Å²) < 4.78 is 16.0. The van der Waals surface area contributed by atoms with Gasteiger partial charge in [-0.1, -0.05) is 14.4 Å². The predicted octanol–water partition coefficient (Wildman–Crippen LogP) is 3.19. The molecule has 0 saturated carbocycles. The molecule has 18 heavy (non-hydrogen) atoms. The van der Waals surface area contributed by atoms with Crippen molar-refractivity contribution in [2.45, 2.75) is 66.6 Å². The summed E-state index contributed by atoms with van der Waals surface area (Å²) in [4.78, 5) is 11.2. The van der Waals surface area contributed by atoms with Gasteiger partial charge < -0.3 is 14.2 Å². The minimum absolute atomic E-state index is 0. The molecule has 0 radical (unpaired) electrons. The van der Waals surface area contributed by atoms with Crippen LogP contribution in [0, 0.1) is 0 Å². The monoisotopic (exact) mass is 262 g/mol. The molecule has 0 N–H and O–H groups in total. The Kier molecular flexibility index (Phi) is 11.3. The lowest BCUT2D eigenvalue weighted by Gasteiger charge is -2.20. The van der Waals surface area contributed by atoms with Crippen molar-refractivity contribution in [1.82, 2.24) is 0 Å². The highest BCUT2D eigenvalue weighted by molar-refractivity contribution is 5.69. The van der Waals surface area contributed by atoms with Gasteiger partial charge in [-0.05, 0) is 34.1 Å². The van der Waals surface area contributed by atoms with Gasteiger partial charge in [0.25, 0.3) is 0 Å². The van der Waals surface area contributed by atoms with Crippen LogP contribution in [0.25, 0.3) is 0 Å². The summed E-state index contributed by atoms with van der Waals surface area (Å²) >= 11 is 0. The van der Waals surface area contributed by atoms with Gasteiger partial charge in [0.05, 0.1) is 25.4 Å². The van der Waals surface area contributed by atoms with Gasteiger partial charge in [-0.3, -0.25) is 4.79 Å². The number of hydrogen-bond acceptors (Lipinski definition) is 4. The van der Waals surface area contributed by atoms with E-state index >= 15 is 0 Å². The molecule has 4 nitrogen and oxygen atoms in total. The Hall–Kier alpha value is -0.610. The van der Waals surface area contributed by atoms with Crippen molar-refractivity contribution < 1.29 is 19.0 Å². The molecule has 110 valence electrons. The van der Waals surface area contributed by atoms with E-state index in [1.165, 1.54) is 0 Å². The van der Waals surface area contributed by atoms with Crippen LogP contribution in [-0.2, 0) is 19.0 Å². The zero-order chi connectivity index (χ0) is 13.3. The average molecular weight is 262 g/mol. The van der Waals surface area contributed by atoms with E-state index in [0.29, 0.717) is 26.2 Å². The van der Waals surface area contributed by atoms with E-state index in [2.05, 4.69) is 0 Å². The third-order valence-electron chi connectivity index (χ3n) is 1.90. The smallest absolute Gasteiger partial charge is 0.306 e.